The van der Waals surface area contributed by atoms with Gasteiger partial charge in [-0.3, -0.25) is 9.59 Å². The van der Waals surface area contributed by atoms with Gasteiger partial charge in [-0.2, -0.15) is 0 Å². The molecule has 2 aromatic carbocycles. The molecular formula is C22H26N2O5S. The van der Waals surface area contributed by atoms with E-state index in [1.54, 1.807) is 19.1 Å². The van der Waals surface area contributed by atoms with E-state index in [4.69, 9.17) is 4.74 Å². The highest BCUT2D eigenvalue weighted by atomic mass is 32.2. The van der Waals surface area contributed by atoms with E-state index in [2.05, 4.69) is 19.2 Å². The van der Waals surface area contributed by atoms with Crippen LogP contribution in [0.3, 0.4) is 0 Å². The van der Waals surface area contributed by atoms with Crippen molar-refractivity contribution in [2.24, 2.45) is 0 Å². The monoisotopic (exact) mass is 430 g/mol. The number of amides is 2. The van der Waals surface area contributed by atoms with Crippen LogP contribution >= 0.6 is 0 Å². The van der Waals surface area contributed by atoms with Gasteiger partial charge in [-0.05, 0) is 60.7 Å². The minimum absolute atomic E-state index is 0.00125. The van der Waals surface area contributed by atoms with Crippen LogP contribution in [0.5, 0.6) is 5.75 Å². The summed E-state index contributed by atoms with van der Waals surface area (Å²) in [5.74, 6) is -0.206. The van der Waals surface area contributed by atoms with E-state index >= 15 is 0 Å². The van der Waals surface area contributed by atoms with Crippen molar-refractivity contribution in [2.75, 3.05) is 12.4 Å². The third-order valence-corrected chi connectivity index (χ3v) is 7.06. The maximum absolute atomic E-state index is 13.2. The first-order valence-corrected chi connectivity index (χ1v) is 11.2. The maximum Gasteiger partial charge on any atom is 0.267 e. The second-order valence-corrected chi connectivity index (χ2v) is 9.46. The number of carbonyl (C=O) groups excluding carboxylic acids is 2. The van der Waals surface area contributed by atoms with E-state index in [1.807, 2.05) is 12.1 Å². The molecule has 1 aliphatic heterocycles. The molecule has 7 nitrogen and oxygen atoms in total. The van der Waals surface area contributed by atoms with Crippen LogP contribution in [0.1, 0.15) is 43.7 Å². The number of carbonyl (C=O) groups is 2. The van der Waals surface area contributed by atoms with Crippen LogP contribution in [0.15, 0.2) is 47.4 Å². The average Bonchev–Trinajstić information content (AvgIpc) is 3.10. The van der Waals surface area contributed by atoms with Gasteiger partial charge in [0.05, 0.1) is 12.0 Å². The van der Waals surface area contributed by atoms with E-state index in [0.29, 0.717) is 27.2 Å². The standard InChI is InChI=1S/C22H26N2O5S/c1-14(2)16-5-7-17(8-6-16)23-22(26)19-10-12-21(25)24(19)30(27,28)18-9-11-20(29-4)15(3)13-18/h5-9,11,13-14,19H,10,12H2,1-4H3,(H,23,26)/t19-/m1/s1. The molecule has 1 saturated heterocycles. The third kappa shape index (κ3) is 4.18. The molecule has 0 bridgehead atoms. The minimum Gasteiger partial charge on any atom is -0.496 e. The number of sulfonamides is 1. The van der Waals surface area contributed by atoms with Crippen molar-refractivity contribution in [1.82, 2.24) is 4.31 Å². The Labute approximate surface area is 177 Å². The predicted molar refractivity (Wildman–Crippen MR) is 114 cm³/mol. The summed E-state index contributed by atoms with van der Waals surface area (Å²) in [5.41, 5.74) is 2.31. The predicted octanol–water partition coefficient (Wildman–Crippen LogP) is 3.45. The fourth-order valence-corrected chi connectivity index (χ4v) is 5.19. The highest BCUT2D eigenvalue weighted by Gasteiger charge is 2.44. The number of nitrogens with one attached hydrogen (secondary N) is 1. The lowest BCUT2D eigenvalue weighted by atomic mass is 10.0. The molecule has 1 aliphatic rings. The summed E-state index contributed by atoms with van der Waals surface area (Å²) in [4.78, 5) is 25.2. The van der Waals surface area contributed by atoms with Gasteiger partial charge in [0, 0.05) is 12.1 Å². The van der Waals surface area contributed by atoms with Crippen LogP contribution in [-0.2, 0) is 19.6 Å². The topological polar surface area (TPSA) is 92.8 Å². The van der Waals surface area contributed by atoms with E-state index in [9.17, 15) is 18.0 Å². The van der Waals surface area contributed by atoms with Gasteiger partial charge in [0.2, 0.25) is 11.8 Å². The van der Waals surface area contributed by atoms with E-state index < -0.39 is 27.9 Å². The molecule has 3 rings (SSSR count). The van der Waals surface area contributed by atoms with Gasteiger partial charge in [-0.1, -0.05) is 26.0 Å². The van der Waals surface area contributed by atoms with Crippen LogP contribution in [-0.4, -0.2) is 37.7 Å². The number of aryl methyl sites for hydroxylation is 1. The number of anilines is 1. The number of hydrogen-bond acceptors (Lipinski definition) is 5. The molecule has 0 saturated carbocycles. The summed E-state index contributed by atoms with van der Waals surface area (Å²) in [6.45, 7) is 5.86. The number of hydrogen-bond donors (Lipinski definition) is 1. The van der Waals surface area contributed by atoms with Gasteiger partial charge < -0.3 is 10.1 Å². The first-order valence-electron chi connectivity index (χ1n) is 9.78. The van der Waals surface area contributed by atoms with Gasteiger partial charge in [-0.15, -0.1) is 0 Å². The molecule has 2 amide bonds. The highest BCUT2D eigenvalue weighted by Crippen LogP contribution is 2.30. The Balaban J connectivity index is 1.85. The zero-order valence-electron chi connectivity index (χ0n) is 17.5. The quantitative estimate of drug-likeness (QED) is 0.758. The molecule has 160 valence electrons. The first-order chi connectivity index (χ1) is 14.1. The summed E-state index contributed by atoms with van der Waals surface area (Å²) in [6, 6.07) is 10.6. The van der Waals surface area contributed by atoms with Crippen molar-refractivity contribution in [3.05, 3.63) is 53.6 Å². The molecule has 8 heteroatoms. The number of benzene rings is 2. The Morgan fingerprint density at radius 1 is 1.17 bits per heavy atom. The van der Waals surface area contributed by atoms with E-state index in [1.165, 1.54) is 25.3 Å². The lowest BCUT2D eigenvalue weighted by Crippen LogP contribution is -2.45. The molecule has 0 aromatic heterocycles. The molecule has 30 heavy (non-hydrogen) atoms. The summed E-state index contributed by atoms with van der Waals surface area (Å²) in [7, 11) is -2.68. The van der Waals surface area contributed by atoms with Crippen molar-refractivity contribution < 1.29 is 22.7 Å². The van der Waals surface area contributed by atoms with Gasteiger partial charge in [0.1, 0.15) is 11.8 Å². The summed E-state index contributed by atoms with van der Waals surface area (Å²) in [6.07, 6.45) is 0.141. The zero-order chi connectivity index (χ0) is 22.1. The van der Waals surface area contributed by atoms with Gasteiger partial charge >= 0.3 is 0 Å². The number of ether oxygens (including phenoxy) is 1. The molecular weight excluding hydrogens is 404 g/mol. The fraction of sp³-hybridized carbons (Fsp3) is 0.364. The third-order valence-electron chi connectivity index (χ3n) is 5.23. The van der Waals surface area contributed by atoms with Crippen molar-refractivity contribution in [3.8, 4) is 5.75 Å². The number of nitrogens with zero attached hydrogens (tertiary/aromatic N) is 1. The SMILES string of the molecule is COc1ccc(S(=O)(=O)N2C(=O)CC[C@@H]2C(=O)Nc2ccc(C(C)C)cc2)cc1C. The van der Waals surface area contributed by atoms with Crippen LogP contribution in [0.4, 0.5) is 5.69 Å². The lowest BCUT2D eigenvalue weighted by molar-refractivity contribution is -0.128. The largest absolute Gasteiger partial charge is 0.496 e. The summed E-state index contributed by atoms with van der Waals surface area (Å²) < 4.78 is 32.2. The molecule has 0 spiro atoms. The second kappa shape index (κ2) is 8.47. The molecule has 1 N–H and O–H groups in total. The minimum atomic E-state index is -4.17. The van der Waals surface area contributed by atoms with Crippen molar-refractivity contribution in [3.63, 3.8) is 0 Å². The number of rotatable bonds is 6. The van der Waals surface area contributed by atoms with E-state index in [-0.39, 0.29) is 17.7 Å². The van der Waals surface area contributed by atoms with Crippen LogP contribution in [0, 0.1) is 6.92 Å². The second-order valence-electron chi connectivity index (χ2n) is 7.65. The Kier molecular flexibility index (Phi) is 6.17. The van der Waals surface area contributed by atoms with Crippen LogP contribution < -0.4 is 10.1 Å². The molecule has 1 fully saturated rings. The smallest absolute Gasteiger partial charge is 0.267 e. The van der Waals surface area contributed by atoms with Crippen LogP contribution in [0.2, 0.25) is 0 Å². The first kappa shape index (κ1) is 21.8. The molecule has 1 heterocycles. The molecule has 0 radical (unpaired) electrons. The molecule has 0 unspecified atom stereocenters. The van der Waals surface area contributed by atoms with Crippen LogP contribution in [0.25, 0.3) is 0 Å². The van der Waals surface area contributed by atoms with Crippen molar-refractivity contribution in [1.29, 1.82) is 0 Å². The lowest BCUT2D eigenvalue weighted by Gasteiger charge is -2.24. The van der Waals surface area contributed by atoms with Gasteiger partial charge in [-0.25, -0.2) is 12.7 Å². The molecule has 2 aromatic rings. The Hall–Kier alpha value is -2.87. The molecule has 0 aliphatic carbocycles. The molecule has 1 atom stereocenters. The Morgan fingerprint density at radius 2 is 1.83 bits per heavy atom. The fourth-order valence-electron chi connectivity index (χ4n) is 3.50. The highest BCUT2D eigenvalue weighted by molar-refractivity contribution is 7.89. The van der Waals surface area contributed by atoms with Gasteiger partial charge in [0.15, 0.2) is 0 Å². The zero-order valence-corrected chi connectivity index (χ0v) is 18.3. The Morgan fingerprint density at radius 3 is 2.40 bits per heavy atom. The number of methoxy groups -OCH3 is 1. The summed E-state index contributed by atoms with van der Waals surface area (Å²) in [5, 5.41) is 2.74. The van der Waals surface area contributed by atoms with Crippen molar-refractivity contribution in [2.45, 2.75) is 50.5 Å². The average molecular weight is 431 g/mol. The maximum atomic E-state index is 13.2. The summed E-state index contributed by atoms with van der Waals surface area (Å²) >= 11 is 0. The normalized spacial score (nSPS) is 16.8. The Bertz CT molecular complexity index is 1060. The van der Waals surface area contributed by atoms with Crippen molar-refractivity contribution >= 4 is 27.5 Å². The van der Waals surface area contributed by atoms with Gasteiger partial charge in [0.25, 0.3) is 10.0 Å². The van der Waals surface area contributed by atoms with E-state index in [0.717, 1.165) is 5.56 Å².